The Morgan fingerprint density at radius 2 is 2.00 bits per heavy atom. The fraction of sp³-hybridized carbons (Fsp3) is 1.00. The summed E-state index contributed by atoms with van der Waals surface area (Å²) in [6.45, 7) is 0.907. The lowest BCUT2D eigenvalue weighted by molar-refractivity contribution is -0.768. The van der Waals surface area contributed by atoms with Gasteiger partial charge in [0.05, 0.1) is 14.1 Å². The van der Waals surface area contributed by atoms with E-state index in [2.05, 4.69) is 12.6 Å². The van der Waals surface area contributed by atoms with E-state index in [9.17, 15) is 0 Å². The molecule has 0 rings (SSSR count). The van der Waals surface area contributed by atoms with Gasteiger partial charge in [-0.05, 0) is 0 Å². The second-order valence-electron chi connectivity index (χ2n) is 1.98. The van der Waals surface area contributed by atoms with Gasteiger partial charge in [-0.3, -0.25) is 0 Å². The molecule has 0 radical (unpaired) electrons. The molecule has 0 aliphatic carbocycles. The standard InChI is InChI=1S/C4H10ClNS/c1-6(2,5)3-4-7/h3-4H2,1-2H3/p+1. The van der Waals surface area contributed by atoms with Crippen molar-refractivity contribution >= 4 is 24.4 Å². The summed E-state index contributed by atoms with van der Waals surface area (Å²) in [4.78, 5) is 0. The minimum absolute atomic E-state index is 0.490. The molecule has 3 heteroatoms. The maximum Gasteiger partial charge on any atom is 0.164 e. The zero-order chi connectivity index (χ0) is 5.91. The zero-order valence-electron chi connectivity index (χ0n) is 4.69. The molecule has 0 aromatic rings. The first kappa shape index (κ1) is 7.60. The first-order valence-electron chi connectivity index (χ1n) is 2.20. The highest BCUT2D eigenvalue weighted by Crippen LogP contribution is 2.00. The molecule has 0 aliphatic heterocycles. The summed E-state index contributed by atoms with van der Waals surface area (Å²) in [5.41, 5.74) is 0. The molecular weight excluding hydrogens is 130 g/mol. The van der Waals surface area contributed by atoms with Crippen molar-refractivity contribution < 1.29 is 4.00 Å². The van der Waals surface area contributed by atoms with Crippen molar-refractivity contribution in [2.75, 3.05) is 26.4 Å². The highest BCUT2D eigenvalue weighted by atomic mass is 35.5. The van der Waals surface area contributed by atoms with E-state index in [1.165, 1.54) is 0 Å². The topological polar surface area (TPSA) is 0 Å². The first-order valence-corrected chi connectivity index (χ1v) is 3.17. The van der Waals surface area contributed by atoms with Crippen molar-refractivity contribution in [2.24, 2.45) is 0 Å². The maximum atomic E-state index is 5.72. The van der Waals surface area contributed by atoms with Crippen LogP contribution in [-0.2, 0) is 0 Å². The Balaban J connectivity index is 3.15. The zero-order valence-corrected chi connectivity index (χ0v) is 6.34. The molecule has 0 spiro atoms. The predicted octanol–water partition coefficient (Wildman–Crippen LogP) is 1.15. The summed E-state index contributed by atoms with van der Waals surface area (Å²) in [5, 5.41) is 0. The highest BCUT2D eigenvalue weighted by Gasteiger charge is 2.07. The summed E-state index contributed by atoms with van der Waals surface area (Å²) in [6.07, 6.45) is 0. The predicted molar refractivity (Wildman–Crippen MR) is 36.7 cm³/mol. The molecule has 1 nitrogen and oxygen atoms in total. The number of nitrogens with zero attached hydrogens (tertiary/aromatic N) is 1. The Kier molecular flexibility index (Phi) is 3.04. The van der Waals surface area contributed by atoms with E-state index in [1.807, 2.05) is 14.1 Å². The Hall–Kier alpha value is 0.600. The number of halogens is 1. The minimum atomic E-state index is 0.490. The van der Waals surface area contributed by atoms with Crippen LogP contribution in [0, 0.1) is 0 Å². The van der Waals surface area contributed by atoms with Crippen LogP contribution >= 0.6 is 24.4 Å². The van der Waals surface area contributed by atoms with Crippen molar-refractivity contribution in [3.05, 3.63) is 0 Å². The highest BCUT2D eigenvalue weighted by molar-refractivity contribution is 7.80. The van der Waals surface area contributed by atoms with Crippen LogP contribution in [0.2, 0.25) is 0 Å². The normalized spacial score (nSPS) is 12.0. The van der Waals surface area contributed by atoms with Gasteiger partial charge in [0.15, 0.2) is 11.8 Å². The second kappa shape index (κ2) is 2.80. The van der Waals surface area contributed by atoms with Gasteiger partial charge >= 0.3 is 0 Å². The smallest absolute Gasteiger partial charge is 0.164 e. The summed E-state index contributed by atoms with van der Waals surface area (Å²) in [7, 11) is 3.86. The van der Waals surface area contributed by atoms with E-state index in [1.54, 1.807) is 0 Å². The molecule has 0 saturated carbocycles. The Labute approximate surface area is 55.4 Å². The summed E-state index contributed by atoms with van der Waals surface area (Å²) in [6, 6.07) is 0. The van der Waals surface area contributed by atoms with E-state index < -0.39 is 0 Å². The van der Waals surface area contributed by atoms with Gasteiger partial charge < -0.3 is 0 Å². The molecule has 0 bridgehead atoms. The molecule has 7 heavy (non-hydrogen) atoms. The van der Waals surface area contributed by atoms with Crippen LogP contribution in [0.15, 0.2) is 0 Å². The van der Waals surface area contributed by atoms with Crippen molar-refractivity contribution in [1.29, 1.82) is 0 Å². The monoisotopic (exact) mass is 140 g/mol. The molecule has 0 N–H and O–H groups in total. The third-order valence-electron chi connectivity index (χ3n) is 0.632. The van der Waals surface area contributed by atoms with Gasteiger partial charge in [0, 0.05) is 5.75 Å². The number of hydrogen-bond donors (Lipinski definition) is 1. The van der Waals surface area contributed by atoms with Gasteiger partial charge in [0.2, 0.25) is 0 Å². The van der Waals surface area contributed by atoms with Crippen molar-refractivity contribution in [2.45, 2.75) is 0 Å². The van der Waals surface area contributed by atoms with Crippen LogP contribution in [0.25, 0.3) is 0 Å². The number of hydrogen-bond acceptors (Lipinski definition) is 1. The summed E-state index contributed by atoms with van der Waals surface area (Å²) < 4.78 is 0.490. The largest absolute Gasteiger partial charge is 0.226 e. The lowest BCUT2D eigenvalue weighted by Gasteiger charge is -2.15. The Bertz CT molecular complexity index is 50.1. The molecule has 0 aromatic carbocycles. The average molecular weight is 141 g/mol. The van der Waals surface area contributed by atoms with Crippen molar-refractivity contribution in [3.63, 3.8) is 0 Å². The molecule has 0 aromatic heterocycles. The fourth-order valence-corrected chi connectivity index (χ4v) is 0.940. The van der Waals surface area contributed by atoms with Gasteiger partial charge in [0.1, 0.15) is 6.54 Å². The van der Waals surface area contributed by atoms with Crippen LogP contribution < -0.4 is 0 Å². The molecule has 0 unspecified atom stereocenters. The third-order valence-corrected chi connectivity index (χ3v) is 1.00. The van der Waals surface area contributed by atoms with Gasteiger partial charge in [-0.2, -0.15) is 12.6 Å². The molecule has 0 heterocycles. The average Bonchev–Trinajstić information content (AvgIpc) is 1.30. The van der Waals surface area contributed by atoms with Crippen LogP contribution in [0.3, 0.4) is 0 Å². The lowest BCUT2D eigenvalue weighted by Crippen LogP contribution is -2.29. The first-order chi connectivity index (χ1) is 3.06. The minimum Gasteiger partial charge on any atom is -0.226 e. The summed E-state index contributed by atoms with van der Waals surface area (Å²) in [5.74, 6) is 0.844. The maximum absolute atomic E-state index is 5.72. The van der Waals surface area contributed by atoms with E-state index in [4.69, 9.17) is 11.8 Å². The van der Waals surface area contributed by atoms with Gasteiger partial charge in [0.25, 0.3) is 0 Å². The van der Waals surface area contributed by atoms with E-state index in [0.717, 1.165) is 12.3 Å². The van der Waals surface area contributed by atoms with E-state index >= 15 is 0 Å². The van der Waals surface area contributed by atoms with E-state index in [0.29, 0.717) is 4.00 Å². The van der Waals surface area contributed by atoms with Crippen molar-refractivity contribution in [3.8, 4) is 0 Å². The number of rotatable bonds is 2. The lowest BCUT2D eigenvalue weighted by atomic mass is 10.7. The van der Waals surface area contributed by atoms with Gasteiger partial charge in [-0.1, -0.05) is 0 Å². The van der Waals surface area contributed by atoms with Crippen LogP contribution in [-0.4, -0.2) is 30.4 Å². The number of quaternary nitrogens is 1. The van der Waals surface area contributed by atoms with Gasteiger partial charge in [-0.25, -0.2) is 4.00 Å². The fourth-order valence-electron chi connectivity index (χ4n) is 0.238. The molecule has 0 atom stereocenters. The van der Waals surface area contributed by atoms with E-state index in [-0.39, 0.29) is 0 Å². The molecular formula is C4H11ClNS+. The molecule has 0 fully saturated rings. The molecule has 44 valence electrons. The quantitative estimate of drug-likeness (QED) is 0.432. The Morgan fingerprint density at radius 3 is 2.00 bits per heavy atom. The number of thiol groups is 1. The van der Waals surface area contributed by atoms with Crippen molar-refractivity contribution in [1.82, 2.24) is 0 Å². The van der Waals surface area contributed by atoms with Crippen LogP contribution in [0.1, 0.15) is 0 Å². The molecule has 0 aliphatic rings. The molecule has 0 saturated heterocycles. The van der Waals surface area contributed by atoms with Crippen LogP contribution in [0.5, 0.6) is 0 Å². The molecule has 0 amide bonds. The third kappa shape index (κ3) is 6.60. The second-order valence-corrected chi connectivity index (χ2v) is 3.35. The van der Waals surface area contributed by atoms with Gasteiger partial charge in [-0.15, -0.1) is 0 Å². The Morgan fingerprint density at radius 1 is 1.57 bits per heavy atom. The summed E-state index contributed by atoms with van der Waals surface area (Å²) >= 11 is 9.74. The SMILES string of the molecule is C[N+](C)(Cl)CCS. The van der Waals surface area contributed by atoms with Crippen LogP contribution in [0.4, 0.5) is 0 Å².